The van der Waals surface area contributed by atoms with Crippen LogP contribution < -0.4 is 10.3 Å². The van der Waals surface area contributed by atoms with Crippen molar-refractivity contribution in [1.82, 2.24) is 24.3 Å². The summed E-state index contributed by atoms with van der Waals surface area (Å²) in [5.41, 5.74) is -1.84. The molecule has 14 heteroatoms. The molecule has 192 valence electrons. The molecule has 4 aromatic rings. The lowest BCUT2D eigenvalue weighted by atomic mass is 10.2. The zero-order valence-corrected chi connectivity index (χ0v) is 19.4. The van der Waals surface area contributed by atoms with E-state index in [1.165, 1.54) is 32.3 Å². The first-order valence-corrected chi connectivity index (χ1v) is 10.4. The average molecular weight is 517 g/mol. The number of methoxy groups -OCH3 is 1. The van der Waals surface area contributed by atoms with Crippen molar-refractivity contribution in [3.05, 3.63) is 93.3 Å². The van der Waals surface area contributed by atoms with Gasteiger partial charge in [-0.25, -0.2) is 32.6 Å². The van der Waals surface area contributed by atoms with E-state index in [0.717, 1.165) is 28.5 Å². The first kappa shape index (κ1) is 25.5. The lowest BCUT2D eigenvalue weighted by Gasteiger charge is -2.23. The number of aryl methyl sites for hydroxylation is 2. The van der Waals surface area contributed by atoms with Crippen molar-refractivity contribution in [2.45, 2.75) is 19.8 Å². The molecule has 0 bridgehead atoms. The van der Waals surface area contributed by atoms with Gasteiger partial charge in [-0.05, 0) is 25.5 Å². The van der Waals surface area contributed by atoms with Crippen LogP contribution in [0.2, 0.25) is 0 Å². The summed E-state index contributed by atoms with van der Waals surface area (Å²) in [4.78, 5) is 32.0. The highest BCUT2D eigenvalue weighted by atomic mass is 19.1. The number of rotatable bonds is 6. The predicted molar refractivity (Wildman–Crippen MR) is 119 cm³/mol. The van der Waals surface area contributed by atoms with Gasteiger partial charge in [0.2, 0.25) is 0 Å². The van der Waals surface area contributed by atoms with Crippen LogP contribution in [0.3, 0.4) is 0 Å². The molecule has 0 radical (unpaired) electrons. The van der Waals surface area contributed by atoms with Gasteiger partial charge >= 0.3 is 11.9 Å². The minimum Gasteiger partial charge on any atom is -0.464 e. The largest absolute Gasteiger partial charge is 0.464 e. The van der Waals surface area contributed by atoms with Gasteiger partial charge in [0.1, 0.15) is 11.6 Å². The number of halogens is 3. The number of carbonyl (C=O) groups is 1. The van der Waals surface area contributed by atoms with Crippen molar-refractivity contribution >= 4 is 5.97 Å². The van der Waals surface area contributed by atoms with Gasteiger partial charge in [-0.1, -0.05) is 0 Å². The maximum absolute atomic E-state index is 15.6. The number of aliphatic hydroxyl groups is 2. The number of aromatic nitrogens is 5. The van der Waals surface area contributed by atoms with Crippen LogP contribution in [0.25, 0.3) is 11.5 Å². The minimum atomic E-state index is -3.36. The Hall–Kier alpha value is -4.56. The molecule has 0 amide bonds. The summed E-state index contributed by atoms with van der Waals surface area (Å²) in [6, 6.07) is 3.63. The lowest BCUT2D eigenvalue weighted by Crippen LogP contribution is -2.35. The first-order valence-electron chi connectivity index (χ1n) is 10.4. The van der Waals surface area contributed by atoms with Crippen LogP contribution in [0.1, 0.15) is 27.4 Å². The Labute approximate surface area is 206 Å². The van der Waals surface area contributed by atoms with Gasteiger partial charge in [0, 0.05) is 36.3 Å². The smallest absolute Gasteiger partial charge is 0.372 e. The van der Waals surface area contributed by atoms with Crippen molar-refractivity contribution in [1.29, 1.82) is 0 Å². The third kappa shape index (κ3) is 4.79. The SMILES string of the molecule is COC(=O)c1ccn(-c2ncc(C)c(-n3c(C)cc(OC(O)(O)c4ncc(F)cc4F)cc3=O)c2F)n1. The summed E-state index contributed by atoms with van der Waals surface area (Å²) in [6.45, 7) is 2.91. The van der Waals surface area contributed by atoms with E-state index >= 15 is 4.39 Å². The fourth-order valence-corrected chi connectivity index (χ4v) is 3.53. The van der Waals surface area contributed by atoms with Crippen molar-refractivity contribution in [2.24, 2.45) is 0 Å². The first-order chi connectivity index (χ1) is 17.4. The van der Waals surface area contributed by atoms with Crippen LogP contribution in [0.4, 0.5) is 13.2 Å². The normalized spacial score (nSPS) is 11.5. The van der Waals surface area contributed by atoms with E-state index in [0.29, 0.717) is 12.3 Å². The van der Waals surface area contributed by atoms with Crippen molar-refractivity contribution in [3.63, 3.8) is 0 Å². The number of ether oxygens (including phenoxy) is 2. The Bertz CT molecular complexity index is 1580. The van der Waals surface area contributed by atoms with E-state index < -0.39 is 46.4 Å². The van der Waals surface area contributed by atoms with Crippen LogP contribution in [0, 0.1) is 31.3 Å². The summed E-state index contributed by atoms with van der Waals surface area (Å²) in [6.07, 6.45) is 3.12. The maximum atomic E-state index is 15.6. The van der Waals surface area contributed by atoms with Crippen LogP contribution in [-0.4, -0.2) is 47.6 Å². The summed E-state index contributed by atoms with van der Waals surface area (Å²) < 4.78 is 54.2. The van der Waals surface area contributed by atoms with Gasteiger partial charge < -0.3 is 19.7 Å². The van der Waals surface area contributed by atoms with Crippen molar-refractivity contribution < 1.29 is 37.7 Å². The highest BCUT2D eigenvalue weighted by Gasteiger charge is 2.35. The molecule has 0 aromatic carbocycles. The molecule has 0 fully saturated rings. The van der Waals surface area contributed by atoms with E-state index in [-0.39, 0.29) is 28.5 Å². The van der Waals surface area contributed by atoms with Gasteiger partial charge in [0.25, 0.3) is 5.56 Å². The maximum Gasteiger partial charge on any atom is 0.372 e. The molecule has 4 rings (SSSR count). The molecule has 0 saturated carbocycles. The molecule has 0 atom stereocenters. The van der Waals surface area contributed by atoms with Crippen LogP contribution in [-0.2, 0) is 10.7 Å². The molecule has 0 aliphatic rings. The standard InChI is InChI=1S/C23H18F3N5O6/c1-11-9-28-21(30-5-4-16(29-30)22(33)36-3)18(26)19(11)31-12(2)6-14(8-17(31)32)37-23(34,35)20-15(25)7-13(24)10-27-20/h4-10,34-35H,1-3H3. The van der Waals surface area contributed by atoms with Gasteiger partial charge in [0.05, 0.1) is 19.0 Å². The summed E-state index contributed by atoms with van der Waals surface area (Å²) in [5, 5.41) is 24.3. The molecule has 37 heavy (non-hydrogen) atoms. The van der Waals surface area contributed by atoms with Crippen LogP contribution in [0.5, 0.6) is 5.75 Å². The predicted octanol–water partition coefficient (Wildman–Crippen LogP) is 1.81. The van der Waals surface area contributed by atoms with Gasteiger partial charge in [0.15, 0.2) is 28.8 Å². The second-order valence-electron chi connectivity index (χ2n) is 7.76. The quantitative estimate of drug-likeness (QED) is 0.289. The Morgan fingerprint density at radius 3 is 2.46 bits per heavy atom. The Morgan fingerprint density at radius 2 is 1.81 bits per heavy atom. The number of hydrogen-bond donors (Lipinski definition) is 2. The number of hydrogen-bond acceptors (Lipinski definition) is 9. The van der Waals surface area contributed by atoms with Crippen LogP contribution >= 0.6 is 0 Å². The van der Waals surface area contributed by atoms with E-state index in [2.05, 4.69) is 19.8 Å². The minimum absolute atomic E-state index is 0.0840. The third-order valence-electron chi connectivity index (χ3n) is 5.15. The Kier molecular flexibility index (Phi) is 6.54. The molecule has 4 heterocycles. The van der Waals surface area contributed by atoms with Crippen LogP contribution in [0.15, 0.2) is 47.7 Å². The summed E-state index contributed by atoms with van der Waals surface area (Å²) >= 11 is 0. The molecule has 2 N–H and O–H groups in total. The van der Waals surface area contributed by atoms with Crippen molar-refractivity contribution in [3.8, 4) is 17.3 Å². The Balaban J connectivity index is 1.75. The monoisotopic (exact) mass is 517 g/mol. The van der Waals surface area contributed by atoms with E-state index in [9.17, 15) is 28.6 Å². The fourth-order valence-electron chi connectivity index (χ4n) is 3.53. The second-order valence-corrected chi connectivity index (χ2v) is 7.76. The number of nitrogens with zero attached hydrogens (tertiary/aromatic N) is 5. The molecule has 0 unspecified atom stereocenters. The molecule has 0 spiro atoms. The number of esters is 1. The molecular formula is C23H18F3N5O6. The zero-order chi connectivity index (χ0) is 27.1. The Morgan fingerprint density at radius 1 is 1.08 bits per heavy atom. The molecule has 11 nitrogen and oxygen atoms in total. The highest BCUT2D eigenvalue weighted by molar-refractivity contribution is 5.86. The summed E-state index contributed by atoms with van der Waals surface area (Å²) in [7, 11) is 1.16. The molecule has 4 aromatic heterocycles. The van der Waals surface area contributed by atoms with E-state index in [4.69, 9.17) is 4.74 Å². The third-order valence-corrected chi connectivity index (χ3v) is 5.15. The zero-order valence-electron chi connectivity index (χ0n) is 19.4. The highest BCUT2D eigenvalue weighted by Crippen LogP contribution is 2.27. The van der Waals surface area contributed by atoms with E-state index in [1.807, 2.05) is 0 Å². The molecular weight excluding hydrogens is 499 g/mol. The molecule has 0 aliphatic heterocycles. The lowest BCUT2D eigenvalue weighted by molar-refractivity contribution is -0.308. The number of pyridine rings is 3. The van der Waals surface area contributed by atoms with Gasteiger partial charge in [-0.15, -0.1) is 0 Å². The molecule has 0 aliphatic carbocycles. The topological polar surface area (TPSA) is 142 Å². The fraction of sp³-hybridized carbons (Fsp3) is 0.174. The number of carbonyl (C=O) groups excluding carboxylic acids is 1. The average Bonchev–Trinajstić information content (AvgIpc) is 3.29. The summed E-state index contributed by atoms with van der Waals surface area (Å²) in [5.74, 6) is -8.23. The van der Waals surface area contributed by atoms with Crippen molar-refractivity contribution in [2.75, 3.05) is 7.11 Å². The van der Waals surface area contributed by atoms with E-state index in [1.54, 1.807) is 0 Å². The van der Waals surface area contributed by atoms with Gasteiger partial charge in [-0.2, -0.15) is 5.10 Å². The van der Waals surface area contributed by atoms with Gasteiger partial charge in [-0.3, -0.25) is 9.36 Å². The second kappa shape index (κ2) is 9.48. The molecule has 0 saturated heterocycles.